The van der Waals surface area contributed by atoms with E-state index in [2.05, 4.69) is 5.32 Å². The maximum absolute atomic E-state index is 12.2. The SMILES string of the molecule is N#CCOc1ccc(NC(=O)C2C3CCCCC32)cc1. The Labute approximate surface area is 118 Å². The van der Waals surface area contributed by atoms with Gasteiger partial charge in [-0.3, -0.25) is 4.79 Å². The summed E-state index contributed by atoms with van der Waals surface area (Å²) in [4.78, 5) is 12.2. The standard InChI is InChI=1S/C16H18N2O2/c17-9-10-20-12-7-5-11(6-8-12)18-16(19)15-13-3-1-2-4-14(13)15/h5-8,13-15H,1-4,10H2,(H,18,19). The molecule has 0 heterocycles. The zero-order chi connectivity index (χ0) is 13.9. The molecule has 0 aliphatic heterocycles. The van der Waals surface area contributed by atoms with Gasteiger partial charge in [0, 0.05) is 11.6 Å². The van der Waals surface area contributed by atoms with Gasteiger partial charge >= 0.3 is 0 Å². The molecule has 0 spiro atoms. The monoisotopic (exact) mass is 270 g/mol. The highest BCUT2D eigenvalue weighted by atomic mass is 16.5. The first-order chi connectivity index (χ1) is 9.79. The maximum Gasteiger partial charge on any atom is 0.228 e. The molecule has 3 rings (SSSR count). The van der Waals surface area contributed by atoms with E-state index in [0.717, 1.165) is 5.69 Å². The van der Waals surface area contributed by atoms with Crippen LogP contribution in [-0.2, 0) is 4.79 Å². The van der Waals surface area contributed by atoms with Gasteiger partial charge in [-0.15, -0.1) is 0 Å². The smallest absolute Gasteiger partial charge is 0.228 e. The van der Waals surface area contributed by atoms with E-state index in [1.165, 1.54) is 25.7 Å². The van der Waals surface area contributed by atoms with Crippen LogP contribution in [-0.4, -0.2) is 12.5 Å². The Bertz CT molecular complexity index is 520. The van der Waals surface area contributed by atoms with Gasteiger partial charge in [0.15, 0.2) is 6.61 Å². The molecule has 1 aromatic rings. The number of hydrogen-bond donors (Lipinski definition) is 1. The van der Waals surface area contributed by atoms with Crippen LogP contribution in [0.2, 0.25) is 0 Å². The molecule has 2 aliphatic carbocycles. The molecule has 0 aromatic heterocycles. The molecule has 2 aliphatic rings. The molecule has 1 aromatic carbocycles. The lowest BCUT2D eigenvalue weighted by molar-refractivity contribution is -0.117. The number of carbonyl (C=O) groups is 1. The van der Waals surface area contributed by atoms with E-state index in [-0.39, 0.29) is 18.4 Å². The number of rotatable bonds is 4. The molecule has 2 atom stereocenters. The highest BCUT2D eigenvalue weighted by Crippen LogP contribution is 2.55. The maximum atomic E-state index is 12.2. The van der Waals surface area contributed by atoms with Crippen molar-refractivity contribution in [3.8, 4) is 11.8 Å². The fourth-order valence-corrected chi connectivity index (χ4v) is 3.36. The largest absolute Gasteiger partial charge is 0.479 e. The summed E-state index contributed by atoms with van der Waals surface area (Å²) in [7, 11) is 0. The normalized spacial score (nSPS) is 27.1. The van der Waals surface area contributed by atoms with Crippen molar-refractivity contribution in [2.75, 3.05) is 11.9 Å². The zero-order valence-electron chi connectivity index (χ0n) is 11.3. The van der Waals surface area contributed by atoms with Gasteiger partial charge in [-0.1, -0.05) is 12.8 Å². The van der Waals surface area contributed by atoms with E-state index in [9.17, 15) is 4.79 Å². The summed E-state index contributed by atoms with van der Waals surface area (Å²) >= 11 is 0. The number of nitrogens with zero attached hydrogens (tertiary/aromatic N) is 1. The molecule has 1 N–H and O–H groups in total. The summed E-state index contributed by atoms with van der Waals surface area (Å²) in [6.45, 7) is 0.0388. The fourth-order valence-electron chi connectivity index (χ4n) is 3.36. The number of benzene rings is 1. The second kappa shape index (κ2) is 5.54. The molecule has 2 saturated carbocycles. The molecule has 20 heavy (non-hydrogen) atoms. The van der Waals surface area contributed by atoms with Gasteiger partial charge in [0.25, 0.3) is 0 Å². The van der Waals surface area contributed by atoms with E-state index in [1.807, 2.05) is 18.2 Å². The van der Waals surface area contributed by atoms with Crippen LogP contribution < -0.4 is 10.1 Å². The second-order valence-electron chi connectivity index (χ2n) is 5.60. The highest BCUT2D eigenvalue weighted by molar-refractivity contribution is 5.94. The summed E-state index contributed by atoms with van der Waals surface area (Å²) in [6.07, 6.45) is 4.97. The van der Waals surface area contributed by atoms with Gasteiger partial charge in [0.05, 0.1) is 0 Å². The summed E-state index contributed by atoms with van der Waals surface area (Å²) in [5, 5.41) is 11.4. The summed E-state index contributed by atoms with van der Waals surface area (Å²) in [6, 6.07) is 9.10. The van der Waals surface area contributed by atoms with Crippen molar-refractivity contribution in [2.24, 2.45) is 17.8 Å². The van der Waals surface area contributed by atoms with Crippen molar-refractivity contribution in [2.45, 2.75) is 25.7 Å². The first-order valence-electron chi connectivity index (χ1n) is 7.20. The van der Waals surface area contributed by atoms with Crippen molar-refractivity contribution < 1.29 is 9.53 Å². The van der Waals surface area contributed by atoms with Crippen molar-refractivity contribution in [3.05, 3.63) is 24.3 Å². The quantitative estimate of drug-likeness (QED) is 0.915. The predicted molar refractivity (Wildman–Crippen MR) is 75.1 cm³/mol. The molecule has 2 fully saturated rings. The summed E-state index contributed by atoms with van der Waals surface area (Å²) < 4.78 is 5.18. The molecule has 4 nitrogen and oxygen atoms in total. The minimum absolute atomic E-state index is 0.0388. The molecule has 104 valence electrons. The molecular formula is C16H18N2O2. The third-order valence-corrected chi connectivity index (χ3v) is 4.38. The Morgan fingerprint density at radius 2 is 1.90 bits per heavy atom. The molecule has 4 heteroatoms. The number of carbonyl (C=O) groups excluding carboxylic acids is 1. The Morgan fingerprint density at radius 1 is 1.25 bits per heavy atom. The fraction of sp³-hybridized carbons (Fsp3) is 0.500. The van der Waals surface area contributed by atoms with Crippen molar-refractivity contribution in [1.29, 1.82) is 5.26 Å². The molecule has 2 unspecified atom stereocenters. The summed E-state index contributed by atoms with van der Waals surface area (Å²) in [5.41, 5.74) is 0.794. The number of ether oxygens (including phenoxy) is 1. The van der Waals surface area contributed by atoms with Crippen LogP contribution in [0.25, 0.3) is 0 Å². The second-order valence-corrected chi connectivity index (χ2v) is 5.60. The number of nitriles is 1. The Morgan fingerprint density at radius 3 is 2.50 bits per heavy atom. The zero-order valence-corrected chi connectivity index (χ0v) is 11.3. The molecule has 0 saturated heterocycles. The van der Waals surface area contributed by atoms with Gasteiger partial charge in [-0.25, -0.2) is 0 Å². The van der Waals surface area contributed by atoms with Gasteiger partial charge in [-0.2, -0.15) is 5.26 Å². The van der Waals surface area contributed by atoms with Crippen molar-refractivity contribution in [1.82, 2.24) is 0 Å². The number of anilines is 1. The van der Waals surface area contributed by atoms with Gasteiger partial charge in [-0.05, 0) is 48.9 Å². The van der Waals surface area contributed by atoms with Gasteiger partial charge < -0.3 is 10.1 Å². The Balaban J connectivity index is 1.55. The average Bonchev–Trinajstić information content (AvgIpc) is 3.21. The Kier molecular flexibility index (Phi) is 3.60. The van der Waals surface area contributed by atoms with Crippen LogP contribution >= 0.6 is 0 Å². The molecule has 0 bridgehead atoms. The lowest BCUT2D eigenvalue weighted by atomic mass is 10.0. The summed E-state index contributed by atoms with van der Waals surface area (Å²) in [5.74, 6) is 2.29. The van der Waals surface area contributed by atoms with Crippen LogP contribution in [0.3, 0.4) is 0 Å². The molecule has 0 radical (unpaired) electrons. The molecule has 1 amide bonds. The van der Waals surface area contributed by atoms with E-state index in [0.29, 0.717) is 17.6 Å². The minimum Gasteiger partial charge on any atom is -0.479 e. The van der Waals surface area contributed by atoms with Crippen LogP contribution in [0, 0.1) is 29.1 Å². The predicted octanol–water partition coefficient (Wildman–Crippen LogP) is 2.96. The third-order valence-electron chi connectivity index (χ3n) is 4.38. The van der Waals surface area contributed by atoms with E-state index in [4.69, 9.17) is 10.00 Å². The van der Waals surface area contributed by atoms with Crippen LogP contribution in [0.1, 0.15) is 25.7 Å². The number of amides is 1. The van der Waals surface area contributed by atoms with Gasteiger partial charge in [0.2, 0.25) is 5.91 Å². The first kappa shape index (κ1) is 13.0. The van der Waals surface area contributed by atoms with Crippen LogP contribution in [0.15, 0.2) is 24.3 Å². The Hall–Kier alpha value is -2.02. The molecular weight excluding hydrogens is 252 g/mol. The lowest BCUT2D eigenvalue weighted by Crippen LogP contribution is -2.15. The first-order valence-corrected chi connectivity index (χ1v) is 7.20. The third kappa shape index (κ3) is 2.62. The van der Waals surface area contributed by atoms with Crippen molar-refractivity contribution in [3.63, 3.8) is 0 Å². The minimum atomic E-state index is 0.0388. The lowest BCUT2D eigenvalue weighted by Gasteiger charge is -2.06. The van der Waals surface area contributed by atoms with Crippen molar-refractivity contribution >= 4 is 11.6 Å². The van der Waals surface area contributed by atoms with Gasteiger partial charge in [0.1, 0.15) is 11.8 Å². The van der Waals surface area contributed by atoms with E-state index >= 15 is 0 Å². The number of nitrogens with one attached hydrogen (secondary N) is 1. The number of hydrogen-bond acceptors (Lipinski definition) is 3. The topological polar surface area (TPSA) is 62.1 Å². The number of fused-ring (bicyclic) bond motifs is 1. The van der Waals surface area contributed by atoms with E-state index in [1.54, 1.807) is 12.1 Å². The average molecular weight is 270 g/mol. The van der Waals surface area contributed by atoms with E-state index < -0.39 is 0 Å². The highest BCUT2D eigenvalue weighted by Gasteiger charge is 2.54. The van der Waals surface area contributed by atoms with Crippen LogP contribution in [0.4, 0.5) is 5.69 Å². The van der Waals surface area contributed by atoms with Crippen LogP contribution in [0.5, 0.6) is 5.75 Å².